The predicted octanol–water partition coefficient (Wildman–Crippen LogP) is 3.14. The normalized spacial score (nSPS) is 16.9. The summed E-state index contributed by atoms with van der Waals surface area (Å²) in [5, 5.41) is 0. The summed E-state index contributed by atoms with van der Waals surface area (Å²) in [4.78, 5) is 18.6. The molecular weight excluding hydrogens is 304 g/mol. The fourth-order valence-electron chi connectivity index (χ4n) is 3.03. The van der Waals surface area contributed by atoms with Gasteiger partial charge in [-0.3, -0.25) is 9.78 Å². The maximum atomic E-state index is 12.6. The van der Waals surface area contributed by atoms with E-state index in [0.29, 0.717) is 5.75 Å². The molecule has 2 heterocycles. The van der Waals surface area contributed by atoms with E-state index in [4.69, 9.17) is 9.47 Å². The lowest BCUT2D eigenvalue weighted by Crippen LogP contribution is -2.34. The van der Waals surface area contributed by atoms with Crippen molar-refractivity contribution >= 4 is 5.91 Å². The standard InChI is InChI=1S/C19H22N2O3/c1-14-8-9-17(12-20-14)24-13-19(22)21-10-4-7-18(21)15-5-3-6-16(11-15)23-2/h3,5-6,8-9,11-12,18H,4,7,10,13H2,1-2H3. The van der Waals surface area contributed by atoms with Crippen molar-refractivity contribution < 1.29 is 14.3 Å². The number of methoxy groups -OCH3 is 1. The first-order valence-corrected chi connectivity index (χ1v) is 8.16. The highest BCUT2D eigenvalue weighted by molar-refractivity contribution is 5.78. The molecule has 1 unspecified atom stereocenters. The second-order valence-electron chi connectivity index (χ2n) is 5.95. The Bertz CT molecular complexity index is 700. The molecule has 1 fully saturated rings. The number of nitrogens with zero attached hydrogens (tertiary/aromatic N) is 2. The van der Waals surface area contributed by atoms with Crippen LogP contribution >= 0.6 is 0 Å². The lowest BCUT2D eigenvalue weighted by Gasteiger charge is -2.25. The van der Waals surface area contributed by atoms with Gasteiger partial charge in [0.05, 0.1) is 19.3 Å². The SMILES string of the molecule is COc1cccc(C2CCCN2C(=O)COc2ccc(C)nc2)c1. The summed E-state index contributed by atoms with van der Waals surface area (Å²) in [7, 11) is 1.65. The number of aryl methyl sites for hydroxylation is 1. The third-order valence-electron chi connectivity index (χ3n) is 4.30. The molecule has 5 nitrogen and oxygen atoms in total. The van der Waals surface area contributed by atoms with E-state index in [9.17, 15) is 4.79 Å². The summed E-state index contributed by atoms with van der Waals surface area (Å²) >= 11 is 0. The van der Waals surface area contributed by atoms with Crippen molar-refractivity contribution in [1.29, 1.82) is 0 Å². The zero-order valence-corrected chi connectivity index (χ0v) is 14.1. The number of pyridine rings is 1. The minimum absolute atomic E-state index is 0.000829. The molecule has 2 aromatic rings. The molecule has 1 aromatic carbocycles. The van der Waals surface area contributed by atoms with Crippen LogP contribution in [0.5, 0.6) is 11.5 Å². The Morgan fingerprint density at radius 2 is 2.17 bits per heavy atom. The summed E-state index contributed by atoms with van der Waals surface area (Å²) in [6.45, 7) is 2.71. The van der Waals surface area contributed by atoms with Gasteiger partial charge in [0.15, 0.2) is 6.61 Å². The maximum absolute atomic E-state index is 12.6. The molecule has 126 valence electrons. The largest absolute Gasteiger partial charge is 0.497 e. The Morgan fingerprint density at radius 1 is 1.29 bits per heavy atom. The third kappa shape index (κ3) is 3.67. The van der Waals surface area contributed by atoms with Gasteiger partial charge in [-0.25, -0.2) is 0 Å². The first-order chi connectivity index (χ1) is 11.7. The van der Waals surface area contributed by atoms with Crippen LogP contribution in [-0.2, 0) is 4.79 Å². The number of aromatic nitrogens is 1. The van der Waals surface area contributed by atoms with Crippen molar-refractivity contribution in [3.63, 3.8) is 0 Å². The van der Waals surface area contributed by atoms with Gasteiger partial charge in [0.25, 0.3) is 5.91 Å². The molecule has 0 N–H and O–H groups in total. The highest BCUT2D eigenvalue weighted by Crippen LogP contribution is 2.33. The summed E-state index contributed by atoms with van der Waals surface area (Å²) < 4.78 is 10.9. The van der Waals surface area contributed by atoms with Crippen molar-refractivity contribution in [2.24, 2.45) is 0 Å². The van der Waals surface area contributed by atoms with Gasteiger partial charge < -0.3 is 14.4 Å². The van der Waals surface area contributed by atoms with Crippen LogP contribution in [-0.4, -0.2) is 36.1 Å². The van der Waals surface area contributed by atoms with E-state index in [1.807, 2.05) is 48.2 Å². The van der Waals surface area contributed by atoms with Gasteiger partial charge >= 0.3 is 0 Å². The number of amides is 1. The van der Waals surface area contributed by atoms with Crippen LogP contribution in [0, 0.1) is 6.92 Å². The third-order valence-corrected chi connectivity index (χ3v) is 4.30. The van der Waals surface area contributed by atoms with E-state index >= 15 is 0 Å². The van der Waals surface area contributed by atoms with E-state index in [1.165, 1.54) is 0 Å². The Morgan fingerprint density at radius 3 is 2.92 bits per heavy atom. The molecule has 1 aromatic heterocycles. The van der Waals surface area contributed by atoms with Gasteiger partial charge in [0, 0.05) is 12.2 Å². The van der Waals surface area contributed by atoms with Crippen molar-refractivity contribution in [2.45, 2.75) is 25.8 Å². The lowest BCUT2D eigenvalue weighted by atomic mass is 10.0. The summed E-state index contributed by atoms with van der Waals surface area (Å²) in [5.41, 5.74) is 2.03. The highest BCUT2D eigenvalue weighted by Gasteiger charge is 2.30. The van der Waals surface area contributed by atoms with Gasteiger partial charge in [-0.15, -0.1) is 0 Å². The molecule has 0 bridgehead atoms. The zero-order chi connectivity index (χ0) is 16.9. The molecule has 1 aliphatic rings. The fraction of sp³-hybridized carbons (Fsp3) is 0.368. The number of benzene rings is 1. The van der Waals surface area contributed by atoms with Gasteiger partial charge in [-0.2, -0.15) is 0 Å². The Balaban J connectivity index is 1.65. The fourth-order valence-corrected chi connectivity index (χ4v) is 3.03. The number of hydrogen-bond donors (Lipinski definition) is 0. The van der Waals surface area contributed by atoms with Crippen molar-refractivity contribution in [2.75, 3.05) is 20.3 Å². The second-order valence-corrected chi connectivity index (χ2v) is 5.95. The molecule has 0 spiro atoms. The van der Waals surface area contributed by atoms with E-state index in [0.717, 1.165) is 36.4 Å². The molecule has 1 aliphatic heterocycles. The maximum Gasteiger partial charge on any atom is 0.261 e. The van der Waals surface area contributed by atoms with E-state index < -0.39 is 0 Å². The topological polar surface area (TPSA) is 51.7 Å². The number of rotatable bonds is 5. The summed E-state index contributed by atoms with van der Waals surface area (Å²) in [5.74, 6) is 1.43. The van der Waals surface area contributed by atoms with Crippen LogP contribution in [0.3, 0.4) is 0 Å². The molecule has 24 heavy (non-hydrogen) atoms. The molecule has 3 rings (SSSR count). The Kier molecular flexibility index (Phi) is 4.99. The minimum Gasteiger partial charge on any atom is -0.497 e. The second kappa shape index (κ2) is 7.34. The smallest absolute Gasteiger partial charge is 0.261 e. The predicted molar refractivity (Wildman–Crippen MR) is 91.2 cm³/mol. The van der Waals surface area contributed by atoms with Crippen molar-refractivity contribution in [3.8, 4) is 11.5 Å². The van der Waals surface area contributed by atoms with E-state index in [-0.39, 0.29) is 18.6 Å². The molecule has 5 heteroatoms. The highest BCUT2D eigenvalue weighted by atomic mass is 16.5. The molecule has 0 saturated carbocycles. The molecule has 1 saturated heterocycles. The Hall–Kier alpha value is -2.56. The van der Waals surface area contributed by atoms with E-state index in [1.54, 1.807) is 13.3 Å². The molecule has 1 atom stereocenters. The molecule has 0 radical (unpaired) electrons. The molecular formula is C19H22N2O3. The van der Waals surface area contributed by atoms with Gasteiger partial charge in [-0.05, 0) is 49.6 Å². The van der Waals surface area contributed by atoms with Gasteiger partial charge in [-0.1, -0.05) is 12.1 Å². The lowest BCUT2D eigenvalue weighted by molar-refractivity contribution is -0.134. The number of carbonyl (C=O) groups is 1. The van der Waals surface area contributed by atoms with Crippen LogP contribution in [0.2, 0.25) is 0 Å². The average molecular weight is 326 g/mol. The van der Waals surface area contributed by atoms with Crippen LogP contribution in [0.25, 0.3) is 0 Å². The van der Waals surface area contributed by atoms with E-state index in [2.05, 4.69) is 4.98 Å². The van der Waals surface area contributed by atoms with Crippen LogP contribution in [0.1, 0.15) is 30.1 Å². The van der Waals surface area contributed by atoms with Crippen LogP contribution in [0.15, 0.2) is 42.6 Å². The first kappa shape index (κ1) is 16.3. The molecule has 0 aliphatic carbocycles. The minimum atomic E-state index is 0.000829. The van der Waals surface area contributed by atoms with Crippen LogP contribution in [0.4, 0.5) is 0 Å². The summed E-state index contributed by atoms with van der Waals surface area (Å²) in [6, 6.07) is 11.7. The molecule has 1 amide bonds. The van der Waals surface area contributed by atoms with Gasteiger partial charge in [0.2, 0.25) is 0 Å². The number of hydrogen-bond acceptors (Lipinski definition) is 4. The number of carbonyl (C=O) groups excluding carboxylic acids is 1. The van der Waals surface area contributed by atoms with Crippen molar-refractivity contribution in [3.05, 3.63) is 53.9 Å². The van der Waals surface area contributed by atoms with Crippen LogP contribution < -0.4 is 9.47 Å². The summed E-state index contributed by atoms with van der Waals surface area (Å²) in [6.07, 6.45) is 3.61. The number of likely N-dealkylation sites (tertiary alicyclic amines) is 1. The van der Waals surface area contributed by atoms with Crippen molar-refractivity contribution in [1.82, 2.24) is 9.88 Å². The first-order valence-electron chi connectivity index (χ1n) is 8.16. The monoisotopic (exact) mass is 326 g/mol. The number of ether oxygens (including phenoxy) is 2. The average Bonchev–Trinajstić information content (AvgIpc) is 3.11. The Labute approximate surface area is 142 Å². The zero-order valence-electron chi connectivity index (χ0n) is 14.1. The quantitative estimate of drug-likeness (QED) is 0.847. The van der Waals surface area contributed by atoms with Gasteiger partial charge in [0.1, 0.15) is 11.5 Å².